The van der Waals surface area contributed by atoms with E-state index in [9.17, 15) is 14.0 Å². The van der Waals surface area contributed by atoms with Crippen molar-refractivity contribution in [2.45, 2.75) is 13.5 Å². The van der Waals surface area contributed by atoms with Crippen LogP contribution in [0.3, 0.4) is 0 Å². The fourth-order valence-corrected chi connectivity index (χ4v) is 2.64. The van der Waals surface area contributed by atoms with Crippen molar-refractivity contribution >= 4 is 29.0 Å². The third-order valence-electron chi connectivity index (χ3n) is 3.32. The first kappa shape index (κ1) is 13.7. The topological polar surface area (TPSA) is 50.3 Å². The number of nitrogens with zero attached hydrogens (tertiary/aromatic N) is 2. The van der Waals surface area contributed by atoms with Crippen molar-refractivity contribution in [3.05, 3.63) is 58.1 Å². The summed E-state index contributed by atoms with van der Waals surface area (Å²) in [7, 11) is 0. The maximum absolute atomic E-state index is 13.4. The molecule has 21 heavy (non-hydrogen) atoms. The van der Waals surface area contributed by atoms with Crippen LogP contribution in [-0.4, -0.2) is 16.7 Å². The standard InChI is InChI=1S/C15H10ClFN2O2/c1-8-4-10(17)6-12-13(8)19(15(21)14(12)20)7-11-5-9(16)2-3-18-11/h2-6H,7H2,1H3. The molecular formula is C15H10ClFN2O2. The molecule has 2 aromatic rings. The molecule has 106 valence electrons. The summed E-state index contributed by atoms with van der Waals surface area (Å²) >= 11 is 5.89. The number of pyridine rings is 1. The second-order valence-electron chi connectivity index (χ2n) is 4.80. The maximum atomic E-state index is 13.4. The molecule has 2 heterocycles. The van der Waals surface area contributed by atoms with E-state index in [1.54, 1.807) is 19.1 Å². The number of benzene rings is 1. The quantitative estimate of drug-likeness (QED) is 0.802. The molecule has 1 aromatic carbocycles. The van der Waals surface area contributed by atoms with E-state index in [0.29, 0.717) is 22.0 Å². The minimum absolute atomic E-state index is 0.0968. The van der Waals surface area contributed by atoms with Gasteiger partial charge in [0.15, 0.2) is 0 Å². The summed E-state index contributed by atoms with van der Waals surface area (Å²) in [6, 6.07) is 5.63. The van der Waals surface area contributed by atoms with Gasteiger partial charge in [0.2, 0.25) is 0 Å². The van der Waals surface area contributed by atoms with E-state index < -0.39 is 17.5 Å². The molecule has 0 fully saturated rings. The number of amides is 1. The first-order valence-corrected chi connectivity index (χ1v) is 6.62. The number of aryl methyl sites for hydroxylation is 1. The first-order chi connectivity index (χ1) is 9.97. The Hall–Kier alpha value is -2.27. The molecule has 0 atom stereocenters. The Bertz CT molecular complexity index is 776. The number of hydrogen-bond donors (Lipinski definition) is 0. The third kappa shape index (κ3) is 2.29. The number of anilines is 1. The van der Waals surface area contributed by atoms with Gasteiger partial charge in [-0.2, -0.15) is 0 Å². The predicted octanol–water partition coefficient (Wildman–Crippen LogP) is 2.91. The summed E-state index contributed by atoms with van der Waals surface area (Å²) in [5.41, 5.74) is 1.62. The summed E-state index contributed by atoms with van der Waals surface area (Å²) in [6.07, 6.45) is 1.53. The van der Waals surface area contributed by atoms with Gasteiger partial charge in [0.1, 0.15) is 5.82 Å². The number of carbonyl (C=O) groups excluding carboxylic acids is 2. The Balaban J connectivity index is 2.05. The molecule has 0 spiro atoms. The van der Waals surface area contributed by atoms with Crippen molar-refractivity contribution < 1.29 is 14.0 Å². The van der Waals surface area contributed by atoms with Gasteiger partial charge in [-0.1, -0.05) is 11.6 Å². The Morgan fingerprint density at radius 1 is 1.29 bits per heavy atom. The molecule has 6 heteroatoms. The molecule has 1 aromatic heterocycles. The predicted molar refractivity (Wildman–Crippen MR) is 75.9 cm³/mol. The van der Waals surface area contributed by atoms with Gasteiger partial charge < -0.3 is 0 Å². The summed E-state index contributed by atoms with van der Waals surface area (Å²) in [6.45, 7) is 1.77. The number of carbonyl (C=O) groups is 2. The van der Waals surface area contributed by atoms with Crippen molar-refractivity contribution in [3.63, 3.8) is 0 Å². The van der Waals surface area contributed by atoms with E-state index >= 15 is 0 Å². The van der Waals surface area contributed by atoms with E-state index in [0.717, 1.165) is 6.07 Å². The molecule has 3 rings (SSSR count). The van der Waals surface area contributed by atoms with Gasteiger partial charge in [0, 0.05) is 11.2 Å². The molecule has 0 unspecified atom stereocenters. The van der Waals surface area contributed by atoms with Crippen LogP contribution in [0.5, 0.6) is 0 Å². The molecule has 1 aliphatic rings. The zero-order valence-corrected chi connectivity index (χ0v) is 11.8. The number of Topliss-reactive ketones (excluding diaryl/α,β-unsaturated/α-hetero) is 1. The second kappa shape index (κ2) is 4.93. The highest BCUT2D eigenvalue weighted by Crippen LogP contribution is 2.34. The Morgan fingerprint density at radius 2 is 2.05 bits per heavy atom. The van der Waals surface area contributed by atoms with Gasteiger partial charge in [0.05, 0.1) is 23.5 Å². The van der Waals surface area contributed by atoms with Gasteiger partial charge in [-0.3, -0.25) is 19.5 Å². The lowest BCUT2D eigenvalue weighted by molar-refractivity contribution is -0.114. The van der Waals surface area contributed by atoms with E-state index in [2.05, 4.69) is 4.98 Å². The maximum Gasteiger partial charge on any atom is 0.299 e. The van der Waals surface area contributed by atoms with Crippen LogP contribution in [0.25, 0.3) is 0 Å². The number of aromatic nitrogens is 1. The summed E-state index contributed by atoms with van der Waals surface area (Å²) in [5, 5.41) is 0.494. The normalized spacial score (nSPS) is 13.8. The fourth-order valence-electron chi connectivity index (χ4n) is 2.45. The molecule has 0 saturated heterocycles. The van der Waals surface area contributed by atoms with Crippen molar-refractivity contribution in [2.24, 2.45) is 0 Å². The molecule has 1 amide bonds. The number of hydrogen-bond acceptors (Lipinski definition) is 3. The highest BCUT2D eigenvalue weighted by Gasteiger charge is 2.37. The van der Waals surface area contributed by atoms with Crippen LogP contribution in [0.1, 0.15) is 21.6 Å². The monoisotopic (exact) mass is 304 g/mol. The lowest BCUT2D eigenvalue weighted by atomic mass is 10.1. The van der Waals surface area contributed by atoms with Crippen molar-refractivity contribution in [3.8, 4) is 0 Å². The number of halogens is 2. The molecule has 0 saturated carbocycles. The summed E-state index contributed by atoms with van der Waals surface area (Å²) < 4.78 is 13.4. The van der Waals surface area contributed by atoms with Gasteiger partial charge >= 0.3 is 0 Å². The molecule has 0 bridgehead atoms. The van der Waals surface area contributed by atoms with Crippen LogP contribution in [0.4, 0.5) is 10.1 Å². The van der Waals surface area contributed by atoms with Crippen LogP contribution in [-0.2, 0) is 11.3 Å². The SMILES string of the molecule is Cc1cc(F)cc2c1N(Cc1cc(Cl)ccn1)C(=O)C2=O. The van der Waals surface area contributed by atoms with Crippen molar-refractivity contribution in [1.29, 1.82) is 0 Å². The van der Waals surface area contributed by atoms with Crippen LogP contribution >= 0.6 is 11.6 Å². The zero-order valence-electron chi connectivity index (χ0n) is 11.1. The lowest BCUT2D eigenvalue weighted by Gasteiger charge is -2.18. The summed E-state index contributed by atoms with van der Waals surface area (Å²) in [5.74, 6) is -1.91. The van der Waals surface area contributed by atoms with Crippen molar-refractivity contribution in [1.82, 2.24) is 4.98 Å². The average molecular weight is 305 g/mol. The highest BCUT2D eigenvalue weighted by atomic mass is 35.5. The number of fused-ring (bicyclic) bond motifs is 1. The Kier molecular flexibility index (Phi) is 3.22. The van der Waals surface area contributed by atoms with Gasteiger partial charge in [-0.25, -0.2) is 4.39 Å². The van der Waals surface area contributed by atoms with Crippen LogP contribution in [0, 0.1) is 12.7 Å². The Labute approximate surface area is 125 Å². The third-order valence-corrected chi connectivity index (χ3v) is 3.55. The lowest BCUT2D eigenvalue weighted by Crippen LogP contribution is -2.29. The van der Waals surface area contributed by atoms with E-state index in [1.165, 1.54) is 17.2 Å². The number of rotatable bonds is 2. The fraction of sp³-hybridized carbons (Fsp3) is 0.133. The molecular weight excluding hydrogens is 295 g/mol. The molecule has 1 aliphatic heterocycles. The molecule has 0 radical (unpaired) electrons. The van der Waals surface area contributed by atoms with E-state index in [-0.39, 0.29) is 12.1 Å². The molecule has 0 N–H and O–H groups in total. The second-order valence-corrected chi connectivity index (χ2v) is 5.24. The van der Waals surface area contributed by atoms with Gasteiger partial charge in [0.25, 0.3) is 11.7 Å². The van der Waals surface area contributed by atoms with E-state index in [1.807, 2.05) is 0 Å². The van der Waals surface area contributed by atoms with Gasteiger partial charge in [-0.05, 0) is 36.8 Å². The number of ketones is 1. The van der Waals surface area contributed by atoms with Crippen molar-refractivity contribution in [2.75, 3.05) is 4.90 Å². The smallest absolute Gasteiger partial charge is 0.298 e. The van der Waals surface area contributed by atoms with Crippen LogP contribution in [0.15, 0.2) is 30.5 Å². The Morgan fingerprint density at radius 3 is 2.76 bits per heavy atom. The highest BCUT2D eigenvalue weighted by molar-refractivity contribution is 6.52. The minimum atomic E-state index is -0.699. The molecule has 0 aliphatic carbocycles. The average Bonchev–Trinajstić information content (AvgIpc) is 2.64. The van der Waals surface area contributed by atoms with Gasteiger partial charge in [-0.15, -0.1) is 0 Å². The van der Waals surface area contributed by atoms with Crippen LogP contribution in [0.2, 0.25) is 5.02 Å². The largest absolute Gasteiger partial charge is 0.299 e. The summed E-state index contributed by atoms with van der Waals surface area (Å²) in [4.78, 5) is 29.5. The zero-order chi connectivity index (χ0) is 15.1. The minimum Gasteiger partial charge on any atom is -0.298 e. The van der Waals surface area contributed by atoms with Crippen LogP contribution < -0.4 is 4.90 Å². The first-order valence-electron chi connectivity index (χ1n) is 6.24. The molecule has 4 nitrogen and oxygen atoms in total. The van der Waals surface area contributed by atoms with E-state index in [4.69, 9.17) is 11.6 Å².